The largest absolute Gasteiger partial charge is 0.299 e. The van der Waals surface area contributed by atoms with Crippen LogP contribution in [0.1, 0.15) is 23.6 Å². The highest BCUT2D eigenvalue weighted by Crippen LogP contribution is 2.24. The molecule has 0 saturated carbocycles. The number of rotatable bonds is 5. The summed E-state index contributed by atoms with van der Waals surface area (Å²) in [6, 6.07) is 3.20. The Morgan fingerprint density at radius 3 is 2.32 bits per heavy atom. The van der Waals surface area contributed by atoms with Crippen LogP contribution in [0.2, 0.25) is 0 Å². The van der Waals surface area contributed by atoms with Crippen LogP contribution < -0.4 is 0 Å². The molecule has 1 rings (SSSR count). The minimum Gasteiger partial charge on any atom is -0.299 e. The molecule has 0 fully saturated rings. The van der Waals surface area contributed by atoms with Crippen molar-refractivity contribution in [1.82, 2.24) is 4.90 Å². The number of nitro benzene ring substituents is 1. The van der Waals surface area contributed by atoms with Crippen molar-refractivity contribution in [3.63, 3.8) is 0 Å². The Bertz CT molecular complexity index is 510. The highest BCUT2D eigenvalue weighted by atomic mass is 16.6. The molecule has 19 heavy (non-hydrogen) atoms. The van der Waals surface area contributed by atoms with Crippen LogP contribution in [0, 0.1) is 24.0 Å². The molecule has 0 bridgehead atoms. The van der Waals surface area contributed by atoms with Crippen LogP contribution in [0.4, 0.5) is 5.69 Å². The molecule has 0 aliphatic rings. The minimum absolute atomic E-state index is 0.0976. The highest BCUT2D eigenvalue weighted by molar-refractivity contribution is 5.81. The SMILES string of the molecule is CC(=O)C(Cc1cc(C)c([N+](=O)[O-])cc1C)N(C)C. The van der Waals surface area contributed by atoms with E-state index >= 15 is 0 Å². The molecule has 1 aromatic carbocycles. The number of likely N-dealkylation sites (N-methyl/N-ethyl adjacent to an activating group) is 1. The van der Waals surface area contributed by atoms with E-state index in [1.54, 1.807) is 19.9 Å². The Hall–Kier alpha value is -1.75. The summed E-state index contributed by atoms with van der Waals surface area (Å²) in [6.07, 6.45) is 0.576. The number of carbonyl (C=O) groups excluding carboxylic acids is 1. The Balaban J connectivity index is 3.12. The lowest BCUT2D eigenvalue weighted by atomic mass is 9.96. The van der Waals surface area contributed by atoms with Crippen molar-refractivity contribution < 1.29 is 9.72 Å². The number of aryl methyl sites for hydroxylation is 2. The number of hydrogen-bond acceptors (Lipinski definition) is 4. The molecule has 0 N–H and O–H groups in total. The van der Waals surface area contributed by atoms with Gasteiger partial charge in [-0.3, -0.25) is 19.8 Å². The predicted molar refractivity (Wildman–Crippen MR) is 74.4 cm³/mol. The predicted octanol–water partition coefficient (Wildman–Crippen LogP) is 2.27. The number of nitrogens with zero attached hydrogens (tertiary/aromatic N) is 2. The van der Waals surface area contributed by atoms with Gasteiger partial charge in [0.25, 0.3) is 5.69 Å². The molecule has 0 aromatic heterocycles. The van der Waals surface area contributed by atoms with Crippen molar-refractivity contribution in [1.29, 1.82) is 0 Å². The Morgan fingerprint density at radius 2 is 1.89 bits per heavy atom. The molecular formula is C14H20N2O3. The number of hydrogen-bond donors (Lipinski definition) is 0. The lowest BCUT2D eigenvalue weighted by Gasteiger charge is -2.22. The average Bonchev–Trinajstić information content (AvgIpc) is 2.28. The summed E-state index contributed by atoms with van der Waals surface area (Å²) >= 11 is 0. The number of carbonyl (C=O) groups is 1. The molecule has 5 heteroatoms. The van der Waals surface area contributed by atoms with Gasteiger partial charge >= 0.3 is 0 Å². The lowest BCUT2D eigenvalue weighted by Crippen LogP contribution is -2.36. The van der Waals surface area contributed by atoms with E-state index in [2.05, 4.69) is 0 Å². The molecule has 1 aromatic rings. The van der Waals surface area contributed by atoms with E-state index in [-0.39, 0.29) is 22.4 Å². The van der Waals surface area contributed by atoms with E-state index in [4.69, 9.17) is 0 Å². The van der Waals surface area contributed by atoms with E-state index in [0.29, 0.717) is 12.0 Å². The van der Waals surface area contributed by atoms with Crippen LogP contribution in [0.3, 0.4) is 0 Å². The maximum absolute atomic E-state index is 11.6. The number of Topliss-reactive ketones (excluding diaryl/α,β-unsaturated/α-hetero) is 1. The molecule has 104 valence electrons. The van der Waals surface area contributed by atoms with Gasteiger partial charge in [-0.25, -0.2) is 0 Å². The van der Waals surface area contributed by atoms with Gasteiger partial charge < -0.3 is 0 Å². The summed E-state index contributed by atoms with van der Waals surface area (Å²) in [5, 5.41) is 10.9. The molecule has 0 aliphatic carbocycles. The third-order valence-corrected chi connectivity index (χ3v) is 3.36. The summed E-state index contributed by atoms with van der Waals surface area (Å²) in [7, 11) is 3.72. The van der Waals surface area contributed by atoms with E-state index in [1.165, 1.54) is 0 Å². The zero-order valence-electron chi connectivity index (χ0n) is 12.1. The fourth-order valence-electron chi connectivity index (χ4n) is 2.18. The zero-order valence-corrected chi connectivity index (χ0v) is 12.1. The Labute approximate surface area is 113 Å². The molecule has 5 nitrogen and oxygen atoms in total. The summed E-state index contributed by atoms with van der Waals surface area (Å²) in [5.41, 5.74) is 2.60. The van der Waals surface area contributed by atoms with Gasteiger partial charge in [-0.15, -0.1) is 0 Å². The van der Waals surface area contributed by atoms with Crippen molar-refractivity contribution in [2.75, 3.05) is 14.1 Å². The molecule has 0 amide bonds. The van der Waals surface area contributed by atoms with Crippen molar-refractivity contribution in [3.8, 4) is 0 Å². The van der Waals surface area contributed by atoms with Crippen LogP contribution in [0.25, 0.3) is 0 Å². The smallest absolute Gasteiger partial charge is 0.272 e. The van der Waals surface area contributed by atoms with Crippen LogP contribution in [-0.4, -0.2) is 35.7 Å². The van der Waals surface area contributed by atoms with Gasteiger partial charge in [0.1, 0.15) is 5.78 Å². The first kappa shape index (κ1) is 15.3. The molecule has 0 aliphatic heterocycles. The monoisotopic (exact) mass is 264 g/mol. The van der Waals surface area contributed by atoms with Gasteiger partial charge in [-0.1, -0.05) is 0 Å². The second-order valence-corrected chi connectivity index (χ2v) is 5.12. The first-order chi connectivity index (χ1) is 8.73. The Morgan fingerprint density at radius 1 is 1.32 bits per heavy atom. The van der Waals surface area contributed by atoms with Gasteiger partial charge in [0.05, 0.1) is 11.0 Å². The van der Waals surface area contributed by atoms with E-state index in [0.717, 1.165) is 11.1 Å². The average molecular weight is 264 g/mol. The van der Waals surface area contributed by atoms with E-state index in [1.807, 2.05) is 32.0 Å². The van der Waals surface area contributed by atoms with Crippen molar-refractivity contribution in [3.05, 3.63) is 38.9 Å². The second-order valence-electron chi connectivity index (χ2n) is 5.12. The summed E-state index contributed by atoms with van der Waals surface area (Å²) in [5.74, 6) is 0.0976. The van der Waals surface area contributed by atoms with Gasteiger partial charge in [0.15, 0.2) is 0 Å². The van der Waals surface area contributed by atoms with E-state index < -0.39 is 0 Å². The lowest BCUT2D eigenvalue weighted by molar-refractivity contribution is -0.385. The maximum atomic E-state index is 11.6. The molecule has 0 heterocycles. The highest BCUT2D eigenvalue weighted by Gasteiger charge is 2.20. The molecule has 1 unspecified atom stereocenters. The molecular weight excluding hydrogens is 244 g/mol. The number of benzene rings is 1. The Kier molecular flexibility index (Phi) is 4.78. The fraction of sp³-hybridized carbons (Fsp3) is 0.500. The molecule has 0 radical (unpaired) electrons. The molecule has 0 spiro atoms. The van der Waals surface area contributed by atoms with Gasteiger partial charge in [0, 0.05) is 11.6 Å². The minimum atomic E-state index is -0.374. The quantitative estimate of drug-likeness (QED) is 0.604. The van der Waals surface area contributed by atoms with Gasteiger partial charge in [0.2, 0.25) is 0 Å². The van der Waals surface area contributed by atoms with Crippen LogP contribution in [0.15, 0.2) is 12.1 Å². The fourth-order valence-corrected chi connectivity index (χ4v) is 2.18. The first-order valence-electron chi connectivity index (χ1n) is 6.15. The third-order valence-electron chi connectivity index (χ3n) is 3.36. The summed E-state index contributed by atoms with van der Waals surface area (Å²) in [4.78, 5) is 24.0. The summed E-state index contributed by atoms with van der Waals surface area (Å²) < 4.78 is 0. The van der Waals surface area contributed by atoms with Crippen molar-refractivity contribution in [2.24, 2.45) is 0 Å². The maximum Gasteiger partial charge on any atom is 0.272 e. The standard InChI is InChI=1S/C14H20N2O3/c1-9-7-13(16(18)19)10(2)6-12(9)8-14(11(3)17)15(4)5/h6-7,14H,8H2,1-5H3. The zero-order chi connectivity index (χ0) is 14.7. The molecule has 0 saturated heterocycles. The van der Waals surface area contributed by atoms with Gasteiger partial charge in [-0.05, 0) is 58.5 Å². The normalized spacial score (nSPS) is 12.5. The number of ketones is 1. The van der Waals surface area contributed by atoms with Crippen molar-refractivity contribution in [2.45, 2.75) is 33.2 Å². The van der Waals surface area contributed by atoms with Gasteiger partial charge in [-0.2, -0.15) is 0 Å². The third kappa shape index (κ3) is 3.61. The molecule has 1 atom stereocenters. The second kappa shape index (κ2) is 5.93. The summed E-state index contributed by atoms with van der Waals surface area (Å²) in [6.45, 7) is 5.13. The topological polar surface area (TPSA) is 63.4 Å². The van der Waals surface area contributed by atoms with E-state index in [9.17, 15) is 14.9 Å². The van der Waals surface area contributed by atoms with Crippen LogP contribution in [-0.2, 0) is 11.2 Å². The number of nitro groups is 1. The van der Waals surface area contributed by atoms with Crippen molar-refractivity contribution >= 4 is 11.5 Å². The van der Waals surface area contributed by atoms with Crippen LogP contribution >= 0.6 is 0 Å². The first-order valence-corrected chi connectivity index (χ1v) is 6.15. The van der Waals surface area contributed by atoms with Crippen LogP contribution in [0.5, 0.6) is 0 Å².